The summed E-state index contributed by atoms with van der Waals surface area (Å²) in [7, 11) is 6.23. The largest absolute Gasteiger partial charge is 0.376 e. The van der Waals surface area contributed by atoms with E-state index in [0.29, 0.717) is 12.5 Å². The average Bonchev–Trinajstić information content (AvgIpc) is 2.99. The second-order valence-electron chi connectivity index (χ2n) is 5.58. The maximum Gasteiger partial charge on any atom is 0.0811 e. The summed E-state index contributed by atoms with van der Waals surface area (Å²) < 4.78 is 5.71. The van der Waals surface area contributed by atoms with Crippen molar-refractivity contribution in [3.63, 3.8) is 0 Å². The van der Waals surface area contributed by atoms with Crippen molar-refractivity contribution in [3.8, 4) is 0 Å². The normalized spacial score (nSPS) is 26.9. The van der Waals surface area contributed by atoms with E-state index in [-0.39, 0.29) is 12.1 Å². The number of nitrogens with two attached hydrogens (primary N) is 2. The molecule has 3 unspecified atom stereocenters. The number of likely N-dealkylation sites (N-methyl/N-ethyl adjacent to an activating group) is 2. The molecular formula is C14H30N4O. The summed E-state index contributed by atoms with van der Waals surface area (Å²) in [5.74, 6) is 0.326. The number of ether oxygens (including phenoxy) is 1. The van der Waals surface area contributed by atoms with Crippen molar-refractivity contribution in [3.05, 3.63) is 11.8 Å². The molecule has 19 heavy (non-hydrogen) atoms. The van der Waals surface area contributed by atoms with E-state index in [1.54, 1.807) is 0 Å². The second-order valence-corrected chi connectivity index (χ2v) is 5.58. The van der Waals surface area contributed by atoms with Gasteiger partial charge in [-0.2, -0.15) is 0 Å². The average molecular weight is 270 g/mol. The topological polar surface area (TPSA) is 67.7 Å². The third-order valence-corrected chi connectivity index (χ3v) is 3.54. The predicted octanol–water partition coefficient (Wildman–Crippen LogP) is 0.0747. The van der Waals surface area contributed by atoms with Crippen molar-refractivity contribution in [2.45, 2.75) is 25.5 Å². The van der Waals surface area contributed by atoms with Gasteiger partial charge >= 0.3 is 0 Å². The zero-order valence-electron chi connectivity index (χ0n) is 12.8. The van der Waals surface area contributed by atoms with E-state index < -0.39 is 0 Å². The Bertz CT molecular complexity index is 293. The first-order chi connectivity index (χ1) is 9.01. The minimum atomic E-state index is 0.135. The number of hydrogen-bond acceptors (Lipinski definition) is 5. The van der Waals surface area contributed by atoms with E-state index in [0.717, 1.165) is 31.8 Å². The number of nitrogens with zero attached hydrogens (tertiary/aromatic N) is 2. The van der Waals surface area contributed by atoms with Gasteiger partial charge in [0.1, 0.15) is 0 Å². The summed E-state index contributed by atoms with van der Waals surface area (Å²) in [5.41, 5.74) is 13.0. The highest BCUT2D eigenvalue weighted by Crippen LogP contribution is 2.35. The van der Waals surface area contributed by atoms with Crippen LogP contribution >= 0.6 is 0 Å². The Hall–Kier alpha value is -0.620. The first kappa shape index (κ1) is 16.4. The molecule has 1 rings (SSSR count). The van der Waals surface area contributed by atoms with Gasteiger partial charge in [-0.05, 0) is 20.5 Å². The Morgan fingerprint density at radius 1 is 1.26 bits per heavy atom. The fourth-order valence-electron chi connectivity index (χ4n) is 2.08. The van der Waals surface area contributed by atoms with Gasteiger partial charge in [-0.1, -0.05) is 13.0 Å². The van der Waals surface area contributed by atoms with Crippen LogP contribution in [0.3, 0.4) is 0 Å². The Morgan fingerprint density at radius 2 is 1.95 bits per heavy atom. The van der Waals surface area contributed by atoms with Crippen molar-refractivity contribution in [1.82, 2.24) is 9.80 Å². The molecule has 0 amide bonds. The molecule has 0 aromatic heterocycles. The lowest BCUT2D eigenvalue weighted by Gasteiger charge is -2.23. The molecule has 3 atom stereocenters. The summed E-state index contributed by atoms with van der Waals surface area (Å²) in [4.78, 5) is 4.38. The molecule has 4 N–H and O–H groups in total. The van der Waals surface area contributed by atoms with Crippen molar-refractivity contribution >= 4 is 0 Å². The van der Waals surface area contributed by atoms with Gasteiger partial charge in [-0.15, -0.1) is 0 Å². The van der Waals surface area contributed by atoms with Gasteiger partial charge in [0.2, 0.25) is 0 Å². The van der Waals surface area contributed by atoms with Crippen LogP contribution in [0.15, 0.2) is 11.8 Å². The Balaban J connectivity index is 2.48. The molecule has 5 nitrogen and oxygen atoms in total. The molecule has 0 saturated heterocycles. The van der Waals surface area contributed by atoms with E-state index in [4.69, 9.17) is 16.2 Å². The lowest BCUT2D eigenvalue weighted by Crippen LogP contribution is -2.31. The summed E-state index contributed by atoms with van der Waals surface area (Å²) in [6, 6.07) is 0.135. The van der Waals surface area contributed by atoms with Crippen LogP contribution in [0, 0.1) is 5.92 Å². The minimum Gasteiger partial charge on any atom is -0.376 e. The standard InChI is InChI=1S/C14H30N4O/c1-5-8-19-14-12(13(14)16)9-11(10-15)18(4)7-6-17(2)3/h9,12-14H,5-8,10,15-16H2,1-4H3/b11-9+. The highest BCUT2D eigenvalue weighted by Gasteiger charge is 2.47. The van der Waals surface area contributed by atoms with Crippen LogP contribution in [0.25, 0.3) is 0 Å². The summed E-state index contributed by atoms with van der Waals surface area (Å²) in [6.07, 6.45) is 3.41. The molecule has 112 valence electrons. The van der Waals surface area contributed by atoms with E-state index in [1.807, 2.05) is 0 Å². The Kier molecular flexibility index (Phi) is 6.79. The molecule has 0 bridgehead atoms. The molecule has 0 aromatic carbocycles. The molecule has 0 spiro atoms. The van der Waals surface area contributed by atoms with Gasteiger partial charge < -0.3 is 26.0 Å². The van der Waals surface area contributed by atoms with Crippen molar-refractivity contribution in [2.24, 2.45) is 17.4 Å². The van der Waals surface area contributed by atoms with E-state index in [9.17, 15) is 0 Å². The van der Waals surface area contributed by atoms with Crippen molar-refractivity contribution in [1.29, 1.82) is 0 Å². The molecule has 1 fully saturated rings. The number of hydrogen-bond donors (Lipinski definition) is 2. The molecule has 0 aromatic rings. The molecular weight excluding hydrogens is 240 g/mol. The minimum absolute atomic E-state index is 0.135. The van der Waals surface area contributed by atoms with Crippen LogP contribution < -0.4 is 11.5 Å². The van der Waals surface area contributed by atoms with Gasteiger partial charge in [-0.3, -0.25) is 0 Å². The third-order valence-electron chi connectivity index (χ3n) is 3.54. The molecule has 5 heteroatoms. The van der Waals surface area contributed by atoms with E-state index >= 15 is 0 Å². The summed E-state index contributed by atoms with van der Waals surface area (Å²) in [5, 5.41) is 0. The van der Waals surface area contributed by atoms with Crippen LogP contribution in [0.4, 0.5) is 0 Å². The Morgan fingerprint density at radius 3 is 2.47 bits per heavy atom. The van der Waals surface area contributed by atoms with Gasteiger partial charge in [0.05, 0.1) is 6.10 Å². The third kappa shape index (κ3) is 5.10. The quantitative estimate of drug-likeness (QED) is 0.621. The van der Waals surface area contributed by atoms with Crippen molar-refractivity contribution in [2.75, 3.05) is 47.4 Å². The van der Waals surface area contributed by atoms with Gasteiger partial charge in [-0.25, -0.2) is 0 Å². The van der Waals surface area contributed by atoms with Crippen LogP contribution in [0.1, 0.15) is 13.3 Å². The smallest absolute Gasteiger partial charge is 0.0811 e. The summed E-state index contributed by atoms with van der Waals surface area (Å²) in [6.45, 7) is 5.43. The first-order valence-corrected chi connectivity index (χ1v) is 7.15. The molecule has 0 heterocycles. The fourth-order valence-corrected chi connectivity index (χ4v) is 2.08. The predicted molar refractivity (Wildman–Crippen MR) is 79.8 cm³/mol. The van der Waals surface area contributed by atoms with Crippen LogP contribution in [0.2, 0.25) is 0 Å². The molecule has 1 aliphatic rings. The van der Waals surface area contributed by atoms with Gasteiger partial charge in [0.15, 0.2) is 0 Å². The van der Waals surface area contributed by atoms with E-state index in [2.05, 4.69) is 43.9 Å². The fraction of sp³-hybridized carbons (Fsp3) is 0.857. The highest BCUT2D eigenvalue weighted by atomic mass is 16.5. The molecule has 0 radical (unpaired) electrons. The zero-order valence-corrected chi connectivity index (χ0v) is 12.8. The SMILES string of the molecule is CCCOC1C(N)C1/C=C(\CN)N(C)CCN(C)C. The number of rotatable bonds is 9. The first-order valence-electron chi connectivity index (χ1n) is 7.15. The highest BCUT2D eigenvalue weighted by molar-refractivity contribution is 5.18. The molecule has 1 saturated carbocycles. The molecule has 0 aliphatic heterocycles. The van der Waals surface area contributed by atoms with Gasteiger partial charge in [0, 0.05) is 50.9 Å². The Labute approximate surface area is 117 Å². The van der Waals surface area contributed by atoms with Crippen LogP contribution in [-0.2, 0) is 4.74 Å². The van der Waals surface area contributed by atoms with Crippen LogP contribution in [0.5, 0.6) is 0 Å². The molecule has 1 aliphatic carbocycles. The maximum absolute atomic E-state index is 6.04. The van der Waals surface area contributed by atoms with Gasteiger partial charge in [0.25, 0.3) is 0 Å². The second kappa shape index (κ2) is 7.85. The summed E-state index contributed by atoms with van der Waals surface area (Å²) >= 11 is 0. The maximum atomic E-state index is 6.04. The van der Waals surface area contributed by atoms with Crippen molar-refractivity contribution < 1.29 is 4.74 Å². The lowest BCUT2D eigenvalue weighted by atomic mass is 10.2. The van der Waals surface area contributed by atoms with Crippen LogP contribution in [-0.4, -0.2) is 69.3 Å². The lowest BCUT2D eigenvalue weighted by molar-refractivity contribution is 0.110. The van der Waals surface area contributed by atoms with E-state index in [1.165, 1.54) is 0 Å². The zero-order chi connectivity index (χ0) is 14.4. The monoisotopic (exact) mass is 270 g/mol.